The number of para-hydroxylation sites is 1. The quantitative estimate of drug-likeness (QED) is 0.0744. The molecule has 0 aliphatic heterocycles. The zero-order valence-corrected chi connectivity index (χ0v) is 45.5. The van der Waals surface area contributed by atoms with Gasteiger partial charge in [0.15, 0.2) is 34.4 Å². The van der Waals surface area contributed by atoms with Gasteiger partial charge in [-0.2, -0.15) is 24.2 Å². The first-order valence-corrected chi connectivity index (χ1v) is 26.9. The van der Waals surface area contributed by atoms with Gasteiger partial charge in [0.1, 0.15) is 41.4 Å². The fourth-order valence-corrected chi connectivity index (χ4v) is 9.26. The van der Waals surface area contributed by atoms with Gasteiger partial charge in [-0.05, 0) is 83.9 Å². The smallest absolute Gasteiger partial charge is 0.229 e. The van der Waals surface area contributed by atoms with Crippen molar-refractivity contribution < 1.29 is 9.47 Å². The van der Waals surface area contributed by atoms with E-state index in [2.05, 4.69) is 110 Å². The first kappa shape index (κ1) is 52.3. The minimum atomic E-state index is 0.407. The van der Waals surface area contributed by atoms with E-state index in [4.69, 9.17) is 14.6 Å². The first-order chi connectivity index (χ1) is 42.0. The highest BCUT2D eigenvalue weighted by Gasteiger charge is 2.14. The molecule has 0 amide bonds. The highest BCUT2D eigenvalue weighted by molar-refractivity contribution is 5.86. The number of ether oxygens (including phenoxy) is 2. The van der Waals surface area contributed by atoms with Crippen LogP contribution in [0.15, 0.2) is 225 Å². The fraction of sp³-hybridized carbons (Fsp3) is 0.0635. The summed E-state index contributed by atoms with van der Waals surface area (Å²) in [7, 11) is 1.65. The third-order valence-electron chi connectivity index (χ3n) is 13.5. The molecule has 0 atom stereocenters. The number of H-pyrrole nitrogens is 1. The fourth-order valence-electron chi connectivity index (χ4n) is 9.26. The molecule has 10 heterocycles. The number of aromatic nitrogens is 17. The monoisotopic (exact) mass is 1120 g/mol. The molecule has 15 aromatic rings. The lowest BCUT2D eigenvalue weighted by Gasteiger charge is -2.10. The van der Waals surface area contributed by atoms with Crippen molar-refractivity contribution in [2.24, 2.45) is 0 Å². The van der Waals surface area contributed by atoms with E-state index in [9.17, 15) is 0 Å². The van der Waals surface area contributed by atoms with Crippen molar-refractivity contribution in [1.29, 1.82) is 0 Å². The Bertz CT molecular complexity index is 4710. The van der Waals surface area contributed by atoms with Crippen LogP contribution >= 0.6 is 0 Å². The summed E-state index contributed by atoms with van der Waals surface area (Å²) in [5, 5.41) is 36.9. The van der Waals surface area contributed by atoms with Gasteiger partial charge in [0.25, 0.3) is 0 Å². The topological polar surface area (TPSA) is 251 Å². The second-order valence-electron chi connectivity index (χ2n) is 19.0. The van der Waals surface area contributed by atoms with Gasteiger partial charge in [0, 0.05) is 46.9 Å². The van der Waals surface area contributed by atoms with E-state index < -0.39 is 0 Å². The second-order valence-corrected chi connectivity index (χ2v) is 19.0. The average Bonchev–Trinajstić information content (AvgIpc) is 4.59. The first-order valence-electron chi connectivity index (χ1n) is 26.9. The summed E-state index contributed by atoms with van der Waals surface area (Å²) < 4.78 is 17.0. The van der Waals surface area contributed by atoms with Crippen molar-refractivity contribution in [3.63, 3.8) is 0 Å². The molecule has 414 valence electrons. The van der Waals surface area contributed by atoms with Crippen LogP contribution in [0.1, 0.15) is 17.3 Å². The highest BCUT2D eigenvalue weighted by Crippen LogP contribution is 2.29. The van der Waals surface area contributed by atoms with E-state index in [-0.39, 0.29) is 0 Å². The zero-order valence-electron chi connectivity index (χ0n) is 45.5. The largest absolute Gasteiger partial charge is 0.497 e. The Morgan fingerprint density at radius 3 is 1.88 bits per heavy atom. The number of aromatic amines is 1. The molecule has 0 fully saturated rings. The molecular formula is C63H50N20O2. The number of anilines is 4. The third-order valence-corrected chi connectivity index (χ3v) is 13.5. The normalized spacial score (nSPS) is 11.0. The van der Waals surface area contributed by atoms with Crippen LogP contribution in [-0.4, -0.2) is 91.0 Å². The lowest BCUT2D eigenvalue weighted by Crippen LogP contribution is -2.08. The molecule has 22 nitrogen and oxygen atoms in total. The summed E-state index contributed by atoms with van der Waals surface area (Å²) in [6.45, 7) is 1.25. The summed E-state index contributed by atoms with van der Waals surface area (Å²) in [6, 6.07) is 61.4. The number of methoxy groups -OCH3 is 1. The molecule has 0 saturated carbocycles. The van der Waals surface area contributed by atoms with E-state index >= 15 is 0 Å². The van der Waals surface area contributed by atoms with Crippen LogP contribution in [0.4, 0.5) is 23.3 Å². The molecule has 0 bridgehead atoms. The van der Waals surface area contributed by atoms with Crippen LogP contribution in [0.2, 0.25) is 0 Å². The van der Waals surface area contributed by atoms with Crippen LogP contribution in [0, 0.1) is 0 Å². The molecule has 0 aliphatic carbocycles. The summed E-state index contributed by atoms with van der Waals surface area (Å²) >= 11 is 0. The SMILES string of the molecule is COc1ccc2c(OCc3cnc4ccc(-c5ccccc5)cn34)ccnc2c1.c1ccc(-c2ccc3nnc(CNc4ncnc5nc[nH]c45)n3n2)cc1.c1ccc(Nc2nccc(NCc3nnc4ccc(-c5ccccc5)nn34)n2)cc1. The number of hydrogen-bond donors (Lipinski definition) is 4. The van der Waals surface area contributed by atoms with E-state index in [1.165, 1.54) is 11.9 Å². The van der Waals surface area contributed by atoms with Gasteiger partial charge < -0.3 is 30.4 Å². The zero-order chi connectivity index (χ0) is 57.2. The van der Waals surface area contributed by atoms with E-state index in [1.54, 1.807) is 34.9 Å². The number of imidazole rings is 2. The number of nitrogens with zero attached hydrogens (tertiary/aromatic N) is 16. The van der Waals surface area contributed by atoms with Gasteiger partial charge in [-0.1, -0.05) is 109 Å². The molecule has 10 aromatic heterocycles. The van der Waals surface area contributed by atoms with E-state index in [0.29, 0.717) is 65.9 Å². The molecule has 15 rings (SSSR count). The summed E-state index contributed by atoms with van der Waals surface area (Å²) in [4.78, 5) is 33.2. The second kappa shape index (κ2) is 24.3. The Morgan fingerprint density at radius 2 is 1.19 bits per heavy atom. The summed E-state index contributed by atoms with van der Waals surface area (Å²) in [6.07, 6.45) is 10.5. The lowest BCUT2D eigenvalue weighted by molar-refractivity contribution is 0.304. The Kier molecular flexibility index (Phi) is 15.0. The molecule has 4 N–H and O–H groups in total. The van der Waals surface area contributed by atoms with Crippen LogP contribution in [0.25, 0.3) is 72.6 Å². The van der Waals surface area contributed by atoms with Gasteiger partial charge >= 0.3 is 0 Å². The standard InChI is InChI=1S/C24H19N3O2.C22H18N8.C17H13N9/c1-28-20-8-9-21-22(13-20)25-12-11-23(21)29-16-19-14-26-24-10-7-18(15-27(19)24)17-5-3-2-4-6-17;1-3-7-16(8-4-1)18-11-12-20-27-28-21(30(20)29-18)15-24-19-13-14-23-22(26-19)25-17-9-5-2-6-10-17;1-2-4-11(5-3-1)12-6-7-13-23-24-14(26(13)25-12)8-18-16-15-17(20-9-19-15)22-10-21-16/h2-15H,16H2,1H3;1-14H,15H2,(H2,23,24,25,26);1-7,9-10H,8H2,(H2,18,19,20,21,22). The maximum absolute atomic E-state index is 6.15. The molecule has 0 aliphatic rings. The van der Waals surface area contributed by atoms with Gasteiger partial charge in [-0.15, -0.1) is 20.4 Å². The Labute approximate surface area is 484 Å². The minimum absolute atomic E-state index is 0.407. The number of pyridine rings is 2. The maximum Gasteiger partial charge on any atom is 0.229 e. The van der Waals surface area contributed by atoms with Crippen molar-refractivity contribution in [3.05, 3.63) is 243 Å². The van der Waals surface area contributed by atoms with Crippen LogP contribution in [0.3, 0.4) is 0 Å². The Balaban J connectivity index is 0.000000119. The molecule has 0 spiro atoms. The van der Waals surface area contributed by atoms with E-state index in [0.717, 1.165) is 73.0 Å². The van der Waals surface area contributed by atoms with Crippen LogP contribution in [-0.2, 0) is 19.7 Å². The minimum Gasteiger partial charge on any atom is -0.497 e. The number of nitrogens with one attached hydrogen (secondary N) is 4. The molecule has 0 unspecified atom stereocenters. The Hall–Kier alpha value is -12.1. The van der Waals surface area contributed by atoms with Crippen molar-refractivity contribution in [2.75, 3.05) is 23.1 Å². The summed E-state index contributed by atoms with van der Waals surface area (Å²) in [5.41, 5.74) is 12.5. The van der Waals surface area contributed by atoms with Gasteiger partial charge in [0.2, 0.25) is 5.95 Å². The van der Waals surface area contributed by atoms with Gasteiger partial charge in [-0.25, -0.2) is 24.9 Å². The molecule has 5 aromatic carbocycles. The number of benzene rings is 5. The maximum atomic E-state index is 6.15. The number of hydrogen-bond acceptors (Lipinski definition) is 18. The van der Waals surface area contributed by atoms with Crippen molar-refractivity contribution in [3.8, 4) is 45.1 Å². The van der Waals surface area contributed by atoms with Gasteiger partial charge in [0.05, 0.1) is 55.3 Å². The van der Waals surface area contributed by atoms with Crippen LogP contribution < -0.4 is 25.4 Å². The Morgan fingerprint density at radius 1 is 0.541 bits per heavy atom. The summed E-state index contributed by atoms with van der Waals surface area (Å²) in [5.74, 6) is 4.79. The lowest BCUT2D eigenvalue weighted by atomic mass is 10.1. The number of fused-ring (bicyclic) bond motifs is 5. The molecule has 22 heteroatoms. The predicted octanol–water partition coefficient (Wildman–Crippen LogP) is 11.1. The molecule has 0 saturated heterocycles. The van der Waals surface area contributed by atoms with Crippen molar-refractivity contribution in [1.82, 2.24) is 83.9 Å². The molecular weight excluding hydrogens is 1070 g/mol. The van der Waals surface area contributed by atoms with Crippen molar-refractivity contribution in [2.45, 2.75) is 19.7 Å². The van der Waals surface area contributed by atoms with Crippen LogP contribution in [0.5, 0.6) is 11.5 Å². The third kappa shape index (κ3) is 11.9. The molecule has 85 heavy (non-hydrogen) atoms. The molecule has 0 radical (unpaired) electrons. The van der Waals surface area contributed by atoms with Gasteiger partial charge in [-0.3, -0.25) is 9.38 Å². The van der Waals surface area contributed by atoms with E-state index in [1.807, 2.05) is 176 Å². The highest BCUT2D eigenvalue weighted by atomic mass is 16.5. The number of rotatable bonds is 15. The predicted molar refractivity (Wildman–Crippen MR) is 324 cm³/mol. The van der Waals surface area contributed by atoms with Crippen molar-refractivity contribution >= 4 is 62.3 Å². The average molecular weight is 1120 g/mol.